The number of hydrogen-bond acceptors (Lipinski definition) is 6. The maximum Gasteiger partial charge on any atom is 0.245 e. The Morgan fingerprint density at radius 3 is 2.70 bits per heavy atom. The zero-order valence-corrected chi connectivity index (χ0v) is 17.6. The van der Waals surface area contributed by atoms with Crippen LogP contribution in [-0.2, 0) is 21.4 Å². The lowest BCUT2D eigenvalue weighted by molar-refractivity contribution is -0.132. The van der Waals surface area contributed by atoms with Gasteiger partial charge in [-0.25, -0.2) is 13.4 Å². The second-order valence-corrected chi connectivity index (χ2v) is 9.29. The summed E-state index contributed by atoms with van der Waals surface area (Å²) < 4.78 is 29.6. The second-order valence-electron chi connectivity index (χ2n) is 7.39. The van der Waals surface area contributed by atoms with E-state index in [9.17, 15) is 13.2 Å². The maximum absolute atomic E-state index is 13.2. The molecule has 10 heteroatoms. The lowest BCUT2D eigenvalue weighted by Crippen LogP contribution is -2.50. The molecule has 2 aromatic heterocycles. The van der Waals surface area contributed by atoms with Crippen molar-refractivity contribution in [3.8, 4) is 0 Å². The average molecular weight is 429 g/mol. The van der Waals surface area contributed by atoms with Crippen molar-refractivity contribution in [1.82, 2.24) is 29.0 Å². The molecule has 0 bridgehead atoms. The maximum atomic E-state index is 13.2. The van der Waals surface area contributed by atoms with Crippen molar-refractivity contribution in [3.63, 3.8) is 0 Å². The summed E-state index contributed by atoms with van der Waals surface area (Å²) in [4.78, 5) is 22.6. The van der Waals surface area contributed by atoms with Crippen LogP contribution in [0.2, 0.25) is 0 Å². The SMILES string of the molecule is Cc1cnc2c(S(=O)(=O)N3CCN(C(=O)CCCn4cncn4)CC3)cccc2c1. The van der Waals surface area contributed by atoms with Crippen LogP contribution in [0.5, 0.6) is 0 Å². The van der Waals surface area contributed by atoms with Gasteiger partial charge in [0.1, 0.15) is 17.6 Å². The summed E-state index contributed by atoms with van der Waals surface area (Å²) in [6, 6.07) is 7.13. The highest BCUT2D eigenvalue weighted by atomic mass is 32.2. The summed E-state index contributed by atoms with van der Waals surface area (Å²) in [7, 11) is -3.68. The number of nitrogens with zero attached hydrogens (tertiary/aromatic N) is 6. The number of sulfonamides is 1. The molecule has 1 aliphatic heterocycles. The Morgan fingerprint density at radius 1 is 1.17 bits per heavy atom. The zero-order valence-electron chi connectivity index (χ0n) is 16.8. The molecule has 0 N–H and O–H groups in total. The lowest BCUT2D eigenvalue weighted by atomic mass is 10.2. The molecule has 158 valence electrons. The molecule has 1 saturated heterocycles. The quantitative estimate of drug-likeness (QED) is 0.589. The zero-order chi connectivity index (χ0) is 21.1. The van der Waals surface area contributed by atoms with Crippen LogP contribution in [0.25, 0.3) is 10.9 Å². The summed E-state index contributed by atoms with van der Waals surface area (Å²) in [6.07, 6.45) is 5.84. The number of pyridine rings is 1. The minimum absolute atomic E-state index is 0.0365. The first-order valence-electron chi connectivity index (χ1n) is 9.91. The van der Waals surface area contributed by atoms with Crippen LogP contribution in [0.1, 0.15) is 18.4 Å². The number of carbonyl (C=O) groups is 1. The number of piperazine rings is 1. The van der Waals surface area contributed by atoms with Crippen LogP contribution in [0, 0.1) is 6.92 Å². The number of carbonyl (C=O) groups excluding carboxylic acids is 1. The van der Waals surface area contributed by atoms with Gasteiger partial charge in [0, 0.05) is 50.7 Å². The highest BCUT2D eigenvalue weighted by molar-refractivity contribution is 7.89. The van der Waals surface area contributed by atoms with Gasteiger partial charge in [-0.2, -0.15) is 9.40 Å². The Morgan fingerprint density at radius 2 is 1.97 bits per heavy atom. The van der Waals surface area contributed by atoms with E-state index in [1.807, 2.05) is 19.1 Å². The first-order chi connectivity index (χ1) is 14.4. The number of benzene rings is 1. The Hall–Kier alpha value is -2.85. The van der Waals surface area contributed by atoms with E-state index < -0.39 is 10.0 Å². The van der Waals surface area contributed by atoms with Crippen LogP contribution in [0.4, 0.5) is 0 Å². The summed E-state index contributed by atoms with van der Waals surface area (Å²) in [5.41, 5.74) is 1.46. The molecule has 0 radical (unpaired) electrons. The molecule has 1 fully saturated rings. The fourth-order valence-corrected chi connectivity index (χ4v) is 5.25. The molecule has 1 aliphatic rings. The number of aryl methyl sites for hydroxylation is 2. The molecule has 30 heavy (non-hydrogen) atoms. The van der Waals surface area contributed by atoms with Gasteiger partial charge in [0.2, 0.25) is 15.9 Å². The lowest BCUT2D eigenvalue weighted by Gasteiger charge is -2.34. The molecule has 0 saturated carbocycles. The smallest absolute Gasteiger partial charge is 0.245 e. The summed E-state index contributed by atoms with van der Waals surface area (Å²) in [6.45, 7) is 3.89. The second kappa shape index (κ2) is 8.49. The van der Waals surface area contributed by atoms with E-state index in [1.165, 1.54) is 10.6 Å². The first-order valence-corrected chi connectivity index (χ1v) is 11.3. The monoisotopic (exact) mass is 428 g/mol. The molecule has 3 heterocycles. The van der Waals surface area contributed by atoms with Gasteiger partial charge in [0.15, 0.2) is 0 Å². The Balaban J connectivity index is 1.39. The molecule has 3 aromatic rings. The van der Waals surface area contributed by atoms with E-state index in [-0.39, 0.29) is 23.9 Å². The normalized spacial score (nSPS) is 15.6. The van der Waals surface area contributed by atoms with Crippen LogP contribution in [0.3, 0.4) is 0 Å². The summed E-state index contributed by atoms with van der Waals surface area (Å²) >= 11 is 0. The molecular weight excluding hydrogens is 404 g/mol. The minimum Gasteiger partial charge on any atom is -0.340 e. The van der Waals surface area contributed by atoms with E-state index in [0.717, 1.165) is 10.9 Å². The van der Waals surface area contributed by atoms with E-state index in [1.54, 1.807) is 34.2 Å². The van der Waals surface area contributed by atoms with E-state index in [4.69, 9.17) is 0 Å². The van der Waals surface area contributed by atoms with Gasteiger partial charge in [0.05, 0.1) is 5.52 Å². The number of hydrogen-bond donors (Lipinski definition) is 0. The molecule has 0 spiro atoms. The Kier molecular flexibility index (Phi) is 5.78. The predicted octanol–water partition coefficient (Wildman–Crippen LogP) is 1.45. The molecule has 0 atom stereocenters. The van der Waals surface area contributed by atoms with Gasteiger partial charge in [-0.1, -0.05) is 12.1 Å². The highest BCUT2D eigenvalue weighted by Gasteiger charge is 2.31. The van der Waals surface area contributed by atoms with Crippen molar-refractivity contribution < 1.29 is 13.2 Å². The van der Waals surface area contributed by atoms with Crippen LogP contribution in [-0.4, -0.2) is 69.5 Å². The fraction of sp³-hybridized carbons (Fsp3) is 0.400. The minimum atomic E-state index is -3.68. The third-order valence-electron chi connectivity index (χ3n) is 5.26. The molecule has 9 nitrogen and oxygen atoms in total. The number of aromatic nitrogens is 4. The van der Waals surface area contributed by atoms with Gasteiger partial charge in [-0.3, -0.25) is 14.5 Å². The van der Waals surface area contributed by atoms with Gasteiger partial charge in [-0.05, 0) is 31.0 Å². The third kappa shape index (κ3) is 4.19. The van der Waals surface area contributed by atoms with Crippen molar-refractivity contribution in [2.24, 2.45) is 0 Å². The van der Waals surface area contributed by atoms with Gasteiger partial charge in [0.25, 0.3) is 0 Å². The van der Waals surface area contributed by atoms with Crippen molar-refractivity contribution in [2.45, 2.75) is 31.2 Å². The number of para-hydroxylation sites is 1. The first kappa shape index (κ1) is 20.4. The standard InChI is InChI=1S/C20H24N6O3S/c1-16-12-17-4-2-5-18(20(17)22-13-16)30(28,29)26-10-8-24(9-11-26)19(27)6-3-7-25-15-21-14-23-25/h2,4-5,12-15H,3,6-11H2,1H3. The van der Waals surface area contributed by atoms with Crippen molar-refractivity contribution in [3.05, 3.63) is 48.7 Å². The van der Waals surface area contributed by atoms with Crippen molar-refractivity contribution in [2.75, 3.05) is 26.2 Å². The van der Waals surface area contributed by atoms with Gasteiger partial charge >= 0.3 is 0 Å². The highest BCUT2D eigenvalue weighted by Crippen LogP contribution is 2.25. The van der Waals surface area contributed by atoms with E-state index in [0.29, 0.717) is 38.0 Å². The third-order valence-corrected chi connectivity index (χ3v) is 7.19. The topological polar surface area (TPSA) is 101 Å². The van der Waals surface area contributed by atoms with E-state index in [2.05, 4.69) is 15.1 Å². The molecule has 4 rings (SSSR count). The van der Waals surface area contributed by atoms with Crippen LogP contribution < -0.4 is 0 Å². The Bertz CT molecular complexity index is 1140. The molecule has 0 unspecified atom stereocenters. The summed E-state index contributed by atoms with van der Waals surface area (Å²) in [5, 5.41) is 4.82. The van der Waals surface area contributed by atoms with Crippen molar-refractivity contribution in [1.29, 1.82) is 0 Å². The number of fused-ring (bicyclic) bond motifs is 1. The van der Waals surface area contributed by atoms with Gasteiger partial charge < -0.3 is 4.90 Å². The summed E-state index contributed by atoms with van der Waals surface area (Å²) in [5.74, 6) is 0.0365. The van der Waals surface area contributed by atoms with Crippen molar-refractivity contribution >= 4 is 26.8 Å². The molecule has 1 aromatic carbocycles. The number of rotatable bonds is 6. The molecular formula is C20H24N6O3S. The Labute approximate surface area is 175 Å². The number of amides is 1. The largest absolute Gasteiger partial charge is 0.340 e. The molecule has 1 amide bonds. The predicted molar refractivity (Wildman–Crippen MR) is 111 cm³/mol. The van der Waals surface area contributed by atoms with E-state index >= 15 is 0 Å². The fourth-order valence-electron chi connectivity index (χ4n) is 3.67. The van der Waals surface area contributed by atoms with Gasteiger partial charge in [-0.15, -0.1) is 0 Å². The van der Waals surface area contributed by atoms with Crippen LogP contribution in [0.15, 0.2) is 48.0 Å². The average Bonchev–Trinajstić information content (AvgIpc) is 3.26. The van der Waals surface area contributed by atoms with Crippen LogP contribution >= 0.6 is 0 Å². The molecule has 0 aliphatic carbocycles.